The van der Waals surface area contributed by atoms with Gasteiger partial charge in [0.1, 0.15) is 12.4 Å². The van der Waals surface area contributed by atoms with Gasteiger partial charge < -0.3 is 19.3 Å². The van der Waals surface area contributed by atoms with Crippen molar-refractivity contribution in [2.24, 2.45) is 5.41 Å². The molecule has 6 rings (SSSR count). The molecule has 2 aromatic carbocycles. The van der Waals surface area contributed by atoms with E-state index in [9.17, 15) is 9.18 Å². The maximum absolute atomic E-state index is 13.5. The molecule has 3 aliphatic heterocycles. The summed E-state index contributed by atoms with van der Waals surface area (Å²) in [7, 11) is 2.13. The third kappa shape index (κ3) is 5.70. The highest BCUT2D eigenvalue weighted by Crippen LogP contribution is 2.39. The zero-order valence-electron chi connectivity index (χ0n) is 24.4. The number of anilines is 1. The van der Waals surface area contributed by atoms with E-state index >= 15 is 0 Å². The summed E-state index contributed by atoms with van der Waals surface area (Å²) in [5, 5.41) is 2.74. The Balaban J connectivity index is 1.30. The lowest BCUT2D eigenvalue weighted by Crippen LogP contribution is -2.49. The summed E-state index contributed by atoms with van der Waals surface area (Å²) < 4.78 is 26.2. The summed E-state index contributed by atoms with van der Waals surface area (Å²) in [6.45, 7) is 11.3. The first-order valence-electron chi connectivity index (χ1n) is 14.5. The highest BCUT2D eigenvalue weighted by Gasteiger charge is 2.36. The van der Waals surface area contributed by atoms with Crippen molar-refractivity contribution in [1.29, 1.82) is 0 Å². The third-order valence-electron chi connectivity index (χ3n) is 8.68. The van der Waals surface area contributed by atoms with Crippen LogP contribution in [0, 0.1) is 5.41 Å². The van der Waals surface area contributed by atoms with Crippen LogP contribution < -0.4 is 9.64 Å². The van der Waals surface area contributed by atoms with E-state index in [2.05, 4.69) is 55.5 Å². The fourth-order valence-electron chi connectivity index (χ4n) is 6.66. The molecule has 4 heterocycles. The Morgan fingerprint density at radius 2 is 1.90 bits per heavy atom. The number of likely N-dealkylation sites (tertiary alicyclic amines) is 1. The summed E-state index contributed by atoms with van der Waals surface area (Å²) in [4.78, 5) is 27.9. The molecular formula is C32H37ClFN5O3. The molecule has 0 radical (unpaired) electrons. The molecule has 3 aliphatic rings. The van der Waals surface area contributed by atoms with Gasteiger partial charge in [-0.3, -0.25) is 9.69 Å². The maximum Gasteiger partial charge on any atom is 0.318 e. The molecule has 8 nitrogen and oxygen atoms in total. The zero-order valence-corrected chi connectivity index (χ0v) is 25.2. The SMILES string of the molecule is C=C(F)C(=O)N1CCN(c2nc(OC[C@@H]3CC(C)(C)CN3C)nc3c2COC(c2cccc4cccc(Cl)c24)C3)CC1. The molecule has 0 spiro atoms. The van der Waals surface area contributed by atoms with Gasteiger partial charge in [-0.05, 0) is 35.9 Å². The Hall–Kier alpha value is -3.27. The topological polar surface area (TPSA) is 71.0 Å². The largest absolute Gasteiger partial charge is 0.462 e. The molecule has 2 atom stereocenters. The number of rotatable bonds is 6. The predicted molar refractivity (Wildman–Crippen MR) is 162 cm³/mol. The van der Waals surface area contributed by atoms with E-state index in [1.54, 1.807) is 0 Å². The number of fused-ring (bicyclic) bond motifs is 2. The molecular weight excluding hydrogens is 557 g/mol. The highest BCUT2D eigenvalue weighted by molar-refractivity contribution is 6.35. The van der Waals surface area contributed by atoms with Crippen molar-refractivity contribution in [3.05, 3.63) is 70.6 Å². The number of halogens is 2. The van der Waals surface area contributed by atoms with Crippen molar-refractivity contribution in [3.63, 3.8) is 0 Å². The van der Waals surface area contributed by atoms with Crippen molar-refractivity contribution in [3.8, 4) is 6.01 Å². The van der Waals surface area contributed by atoms with E-state index in [1.807, 2.05) is 18.2 Å². The standard InChI is InChI=1S/C32H37ClFN5O3/c1-20(34)30(40)39-13-11-38(12-14-39)29-24-18-41-27(23-9-5-7-21-8-6-10-25(33)28(21)23)15-26(24)35-31(36-29)42-17-22-16-32(2,3)19-37(22)4/h5-10,22,27H,1,11-19H2,2-4H3/t22-,27?/m0/s1. The van der Waals surface area contributed by atoms with Gasteiger partial charge in [-0.1, -0.05) is 62.4 Å². The molecule has 0 saturated carbocycles. The number of nitrogens with zero attached hydrogens (tertiary/aromatic N) is 5. The van der Waals surface area contributed by atoms with Crippen LogP contribution in [-0.2, 0) is 22.6 Å². The molecule has 3 aromatic rings. The van der Waals surface area contributed by atoms with Crippen LogP contribution in [0.15, 0.2) is 48.8 Å². The number of likely N-dealkylation sites (N-methyl/N-ethyl adjacent to an activating group) is 1. The van der Waals surface area contributed by atoms with Gasteiger partial charge in [0, 0.05) is 61.2 Å². The number of ether oxygens (including phenoxy) is 2. The average molecular weight is 594 g/mol. The highest BCUT2D eigenvalue weighted by atomic mass is 35.5. The number of benzene rings is 2. The van der Waals surface area contributed by atoms with Gasteiger partial charge in [-0.25, -0.2) is 4.39 Å². The normalized spacial score (nSPS) is 22.3. The van der Waals surface area contributed by atoms with Crippen LogP contribution in [-0.4, -0.2) is 78.1 Å². The van der Waals surface area contributed by atoms with Crippen molar-refractivity contribution in [2.75, 3.05) is 51.3 Å². The van der Waals surface area contributed by atoms with Gasteiger partial charge in [-0.15, -0.1) is 0 Å². The molecule has 10 heteroatoms. The zero-order chi connectivity index (χ0) is 29.6. The lowest BCUT2D eigenvalue weighted by atomic mass is 9.91. The summed E-state index contributed by atoms with van der Waals surface area (Å²) >= 11 is 6.65. The van der Waals surface area contributed by atoms with Gasteiger partial charge >= 0.3 is 6.01 Å². The van der Waals surface area contributed by atoms with Crippen molar-refractivity contribution < 1.29 is 18.7 Å². The van der Waals surface area contributed by atoms with Crippen molar-refractivity contribution in [2.45, 2.75) is 45.4 Å². The van der Waals surface area contributed by atoms with Crippen LogP contribution in [0.4, 0.5) is 10.2 Å². The molecule has 1 unspecified atom stereocenters. The molecule has 42 heavy (non-hydrogen) atoms. The summed E-state index contributed by atoms with van der Waals surface area (Å²) in [5.74, 6) is -0.853. The molecule has 2 saturated heterocycles. The summed E-state index contributed by atoms with van der Waals surface area (Å²) in [6.07, 6.45) is 1.35. The second-order valence-electron chi connectivity index (χ2n) is 12.4. The minimum Gasteiger partial charge on any atom is -0.462 e. The Kier molecular flexibility index (Phi) is 7.85. The fraction of sp³-hybridized carbons (Fsp3) is 0.469. The second-order valence-corrected chi connectivity index (χ2v) is 12.8. The van der Waals surface area contributed by atoms with E-state index in [4.69, 9.17) is 31.0 Å². The van der Waals surface area contributed by atoms with E-state index < -0.39 is 11.7 Å². The van der Waals surface area contributed by atoms with E-state index in [0.29, 0.717) is 56.8 Å². The van der Waals surface area contributed by atoms with Gasteiger partial charge in [-0.2, -0.15) is 9.97 Å². The van der Waals surface area contributed by atoms with Crippen molar-refractivity contribution >= 4 is 34.1 Å². The second kappa shape index (κ2) is 11.4. The number of piperazine rings is 1. The van der Waals surface area contributed by atoms with Gasteiger partial charge in [0.05, 0.1) is 18.4 Å². The predicted octanol–water partition coefficient (Wildman–Crippen LogP) is 5.34. The fourth-order valence-corrected chi connectivity index (χ4v) is 6.95. The molecule has 222 valence electrons. The van der Waals surface area contributed by atoms with E-state index in [0.717, 1.165) is 46.4 Å². The Bertz CT molecular complexity index is 1520. The molecule has 2 fully saturated rings. The van der Waals surface area contributed by atoms with Crippen molar-refractivity contribution in [1.82, 2.24) is 19.8 Å². The Morgan fingerprint density at radius 1 is 1.17 bits per heavy atom. The molecule has 1 aromatic heterocycles. The van der Waals surface area contributed by atoms with E-state index in [-0.39, 0.29) is 17.6 Å². The number of hydrogen-bond acceptors (Lipinski definition) is 7. The summed E-state index contributed by atoms with van der Waals surface area (Å²) in [5.41, 5.74) is 3.06. The number of aromatic nitrogens is 2. The number of amides is 1. The molecule has 0 bridgehead atoms. The quantitative estimate of drug-likeness (QED) is 0.357. The number of hydrogen-bond donors (Lipinski definition) is 0. The van der Waals surface area contributed by atoms with Crippen LogP contribution in [0.2, 0.25) is 5.02 Å². The first kappa shape index (κ1) is 28.8. The lowest BCUT2D eigenvalue weighted by molar-refractivity contribution is -0.128. The van der Waals surface area contributed by atoms with Crippen LogP contribution in [0.25, 0.3) is 10.8 Å². The third-order valence-corrected chi connectivity index (χ3v) is 9.00. The van der Waals surface area contributed by atoms with E-state index in [1.165, 1.54) is 4.90 Å². The monoisotopic (exact) mass is 593 g/mol. The smallest absolute Gasteiger partial charge is 0.318 e. The van der Waals surface area contributed by atoms with Gasteiger partial charge in [0.25, 0.3) is 5.91 Å². The average Bonchev–Trinajstić information content (AvgIpc) is 3.25. The van der Waals surface area contributed by atoms with Crippen LogP contribution in [0.1, 0.15) is 43.2 Å². The number of carbonyl (C=O) groups excluding carboxylic acids is 1. The van der Waals surface area contributed by atoms with Gasteiger partial charge in [0.15, 0.2) is 5.83 Å². The maximum atomic E-state index is 13.5. The summed E-state index contributed by atoms with van der Waals surface area (Å²) in [6, 6.07) is 12.7. The first-order valence-corrected chi connectivity index (χ1v) is 14.9. The minimum atomic E-state index is -0.938. The van der Waals surface area contributed by atoms with Crippen LogP contribution in [0.3, 0.4) is 0 Å². The Labute approximate surface area is 251 Å². The van der Waals surface area contributed by atoms with Gasteiger partial charge in [0.2, 0.25) is 0 Å². The Morgan fingerprint density at radius 3 is 2.60 bits per heavy atom. The number of carbonyl (C=O) groups is 1. The lowest BCUT2D eigenvalue weighted by Gasteiger charge is -2.37. The molecule has 1 amide bonds. The molecule has 0 aliphatic carbocycles. The molecule has 0 N–H and O–H groups in total. The van der Waals surface area contributed by atoms with Crippen LogP contribution >= 0.6 is 11.6 Å². The first-order chi connectivity index (χ1) is 20.1. The van der Waals surface area contributed by atoms with Crippen LogP contribution in [0.5, 0.6) is 6.01 Å². The minimum absolute atomic E-state index is 0.233.